The van der Waals surface area contributed by atoms with Gasteiger partial charge in [0.15, 0.2) is 11.3 Å². The third-order valence-electron chi connectivity index (χ3n) is 5.35. The van der Waals surface area contributed by atoms with Crippen molar-refractivity contribution in [3.63, 3.8) is 0 Å². The molecule has 33 heavy (non-hydrogen) atoms. The van der Waals surface area contributed by atoms with Crippen LogP contribution < -0.4 is 5.69 Å². The first kappa shape index (κ1) is 22.1. The molecule has 0 fully saturated rings. The van der Waals surface area contributed by atoms with Crippen LogP contribution in [0.15, 0.2) is 57.8 Å². The standard InChI is InChI=1S/C24H18BrCl2N5O/c1-24(2,3)22-29-20-17(21-30-31-23(33)32(21)22)11-16(12-4-7-14(26)8-5-12)19(28-20)15-9-6-13(25)10-18(15)27/h4-11H,1-3H3,(H,31,33). The maximum absolute atomic E-state index is 12.6. The summed E-state index contributed by atoms with van der Waals surface area (Å²) in [6.45, 7) is 5.98. The van der Waals surface area contributed by atoms with Gasteiger partial charge in [-0.1, -0.05) is 78.1 Å². The zero-order chi connectivity index (χ0) is 23.5. The highest BCUT2D eigenvalue weighted by Gasteiger charge is 2.25. The molecule has 3 aromatic heterocycles. The van der Waals surface area contributed by atoms with Crippen LogP contribution in [0.5, 0.6) is 0 Å². The van der Waals surface area contributed by atoms with Crippen molar-refractivity contribution in [2.75, 3.05) is 0 Å². The molecule has 0 atom stereocenters. The van der Waals surface area contributed by atoms with Crippen molar-refractivity contribution in [3.8, 4) is 22.4 Å². The quantitative estimate of drug-likeness (QED) is 0.270. The number of pyridine rings is 1. The summed E-state index contributed by atoms with van der Waals surface area (Å²) in [5, 5.41) is 8.69. The zero-order valence-corrected chi connectivity index (χ0v) is 21.0. The van der Waals surface area contributed by atoms with E-state index in [-0.39, 0.29) is 5.69 Å². The van der Waals surface area contributed by atoms with Crippen LogP contribution in [0.3, 0.4) is 0 Å². The Balaban J connectivity index is 1.93. The van der Waals surface area contributed by atoms with Gasteiger partial charge in [0.05, 0.1) is 16.1 Å². The fourth-order valence-corrected chi connectivity index (χ4v) is 4.71. The fourth-order valence-electron chi connectivity index (χ4n) is 3.82. The number of halogens is 3. The summed E-state index contributed by atoms with van der Waals surface area (Å²) in [6.07, 6.45) is 0. The number of rotatable bonds is 2. The topological polar surface area (TPSA) is 75.9 Å². The number of nitrogens with one attached hydrogen (secondary N) is 1. The molecule has 0 aliphatic heterocycles. The Morgan fingerprint density at radius 1 is 0.970 bits per heavy atom. The zero-order valence-electron chi connectivity index (χ0n) is 17.9. The maximum Gasteiger partial charge on any atom is 0.349 e. The second kappa shape index (κ2) is 7.94. The predicted octanol–water partition coefficient (Wildman–Crippen LogP) is 6.67. The van der Waals surface area contributed by atoms with Crippen molar-refractivity contribution in [1.29, 1.82) is 0 Å². The summed E-state index contributed by atoms with van der Waals surface area (Å²) in [5.41, 5.74) is 3.39. The van der Waals surface area contributed by atoms with Crippen LogP contribution in [0.4, 0.5) is 0 Å². The van der Waals surface area contributed by atoms with Crippen LogP contribution in [0, 0.1) is 0 Å². The molecule has 0 radical (unpaired) electrons. The van der Waals surface area contributed by atoms with Gasteiger partial charge in [0, 0.05) is 26.0 Å². The smallest absolute Gasteiger partial charge is 0.246 e. The highest BCUT2D eigenvalue weighted by atomic mass is 79.9. The molecule has 3 heterocycles. The van der Waals surface area contributed by atoms with Crippen molar-refractivity contribution in [1.82, 2.24) is 24.6 Å². The molecule has 0 saturated carbocycles. The van der Waals surface area contributed by atoms with Gasteiger partial charge < -0.3 is 0 Å². The minimum absolute atomic E-state index is 0.336. The maximum atomic E-state index is 12.6. The van der Waals surface area contributed by atoms with Crippen LogP contribution in [-0.4, -0.2) is 24.6 Å². The molecule has 0 aliphatic carbocycles. The molecule has 0 spiro atoms. The molecule has 5 aromatic rings. The molecular weight excluding hydrogens is 525 g/mol. The van der Waals surface area contributed by atoms with Gasteiger partial charge in [0.25, 0.3) is 0 Å². The van der Waals surface area contributed by atoms with Crippen LogP contribution in [0.1, 0.15) is 26.6 Å². The Morgan fingerprint density at radius 3 is 2.36 bits per heavy atom. The monoisotopic (exact) mass is 541 g/mol. The van der Waals surface area contributed by atoms with E-state index in [2.05, 4.69) is 26.1 Å². The van der Waals surface area contributed by atoms with Gasteiger partial charge in [0.2, 0.25) is 0 Å². The van der Waals surface area contributed by atoms with Crippen LogP contribution >= 0.6 is 39.1 Å². The van der Waals surface area contributed by atoms with E-state index >= 15 is 0 Å². The molecule has 0 aliphatic rings. The Hall–Kier alpha value is -2.74. The number of hydrogen-bond donors (Lipinski definition) is 1. The number of hydrogen-bond acceptors (Lipinski definition) is 4. The first-order valence-electron chi connectivity index (χ1n) is 10.2. The second-order valence-corrected chi connectivity index (χ2v) is 10.5. The van der Waals surface area contributed by atoms with E-state index in [1.807, 2.05) is 69.3 Å². The predicted molar refractivity (Wildman–Crippen MR) is 136 cm³/mol. The van der Waals surface area contributed by atoms with E-state index in [1.54, 1.807) is 0 Å². The van der Waals surface area contributed by atoms with E-state index in [9.17, 15) is 4.79 Å². The molecule has 6 nitrogen and oxygen atoms in total. The normalized spacial score (nSPS) is 12.1. The lowest BCUT2D eigenvalue weighted by Gasteiger charge is -2.20. The Morgan fingerprint density at radius 2 is 1.70 bits per heavy atom. The Labute approximate surface area is 207 Å². The third kappa shape index (κ3) is 3.84. The van der Waals surface area contributed by atoms with E-state index in [1.165, 1.54) is 4.40 Å². The van der Waals surface area contributed by atoms with E-state index in [0.29, 0.717) is 38.2 Å². The Bertz CT molecular complexity index is 1600. The van der Waals surface area contributed by atoms with Crippen molar-refractivity contribution in [3.05, 3.63) is 79.4 Å². The summed E-state index contributed by atoms with van der Waals surface area (Å²) in [6, 6.07) is 15.1. The van der Waals surface area contributed by atoms with Crippen molar-refractivity contribution in [2.24, 2.45) is 0 Å². The van der Waals surface area contributed by atoms with Crippen molar-refractivity contribution < 1.29 is 0 Å². The summed E-state index contributed by atoms with van der Waals surface area (Å²) >= 11 is 16.2. The summed E-state index contributed by atoms with van der Waals surface area (Å²) in [5.74, 6) is 0.573. The molecule has 9 heteroatoms. The van der Waals surface area contributed by atoms with Gasteiger partial charge >= 0.3 is 5.69 Å². The lowest BCUT2D eigenvalue weighted by Crippen LogP contribution is -2.25. The SMILES string of the molecule is CC(C)(C)c1nc2nc(-c3ccc(Br)cc3Cl)c(-c3ccc(Cl)cc3)cc2c2n[nH]c(=O)n12. The Kier molecular flexibility index (Phi) is 5.31. The first-order chi connectivity index (χ1) is 15.6. The van der Waals surface area contributed by atoms with E-state index in [4.69, 9.17) is 33.2 Å². The van der Waals surface area contributed by atoms with E-state index in [0.717, 1.165) is 21.2 Å². The van der Waals surface area contributed by atoms with Gasteiger partial charge in [-0.2, -0.15) is 5.10 Å². The highest BCUT2D eigenvalue weighted by Crippen LogP contribution is 2.38. The highest BCUT2D eigenvalue weighted by molar-refractivity contribution is 9.10. The molecule has 0 bridgehead atoms. The molecule has 2 aromatic carbocycles. The molecule has 166 valence electrons. The number of aromatic amines is 1. The molecule has 0 amide bonds. The van der Waals surface area contributed by atoms with Crippen LogP contribution in [0.2, 0.25) is 10.0 Å². The van der Waals surface area contributed by atoms with Gasteiger partial charge in [0.1, 0.15) is 5.82 Å². The molecule has 0 saturated heterocycles. The van der Waals surface area contributed by atoms with Gasteiger partial charge in [-0.3, -0.25) is 0 Å². The molecule has 0 unspecified atom stereocenters. The number of fused-ring (bicyclic) bond motifs is 3. The minimum Gasteiger partial charge on any atom is -0.246 e. The molecule has 5 rings (SSSR count). The van der Waals surface area contributed by atoms with Crippen molar-refractivity contribution >= 4 is 55.8 Å². The molecular formula is C24H18BrCl2N5O. The average Bonchev–Trinajstić information content (AvgIpc) is 3.14. The van der Waals surface area contributed by atoms with Gasteiger partial charge in [-0.15, -0.1) is 0 Å². The van der Waals surface area contributed by atoms with Gasteiger partial charge in [-0.25, -0.2) is 24.3 Å². The van der Waals surface area contributed by atoms with Crippen molar-refractivity contribution in [2.45, 2.75) is 26.2 Å². The summed E-state index contributed by atoms with van der Waals surface area (Å²) < 4.78 is 2.39. The number of aromatic nitrogens is 5. The number of nitrogens with zero attached hydrogens (tertiary/aromatic N) is 4. The van der Waals surface area contributed by atoms with Crippen LogP contribution in [-0.2, 0) is 5.41 Å². The first-order valence-corrected chi connectivity index (χ1v) is 11.7. The lowest BCUT2D eigenvalue weighted by molar-refractivity contribution is 0.535. The number of benzene rings is 2. The largest absolute Gasteiger partial charge is 0.349 e. The average molecular weight is 543 g/mol. The number of H-pyrrole nitrogens is 1. The van der Waals surface area contributed by atoms with Gasteiger partial charge in [-0.05, 0) is 35.9 Å². The van der Waals surface area contributed by atoms with Crippen LogP contribution in [0.25, 0.3) is 39.1 Å². The summed E-state index contributed by atoms with van der Waals surface area (Å²) in [7, 11) is 0. The lowest BCUT2D eigenvalue weighted by atomic mass is 9.95. The minimum atomic E-state index is -0.411. The fraction of sp³-hybridized carbons (Fsp3) is 0.167. The summed E-state index contributed by atoms with van der Waals surface area (Å²) in [4.78, 5) is 22.4. The molecule has 1 N–H and O–H groups in total. The second-order valence-electron chi connectivity index (χ2n) is 8.76. The van der Waals surface area contributed by atoms with E-state index < -0.39 is 5.41 Å². The third-order valence-corrected chi connectivity index (χ3v) is 6.41.